The summed E-state index contributed by atoms with van der Waals surface area (Å²) in [4.78, 5) is 8.88. The van der Waals surface area contributed by atoms with Gasteiger partial charge in [-0.1, -0.05) is 31.2 Å². The minimum Gasteiger partial charge on any atom is -0.385 e. The lowest BCUT2D eigenvalue weighted by molar-refractivity contribution is 0.184. The highest BCUT2D eigenvalue weighted by Crippen LogP contribution is 2.23. The summed E-state index contributed by atoms with van der Waals surface area (Å²) < 4.78 is 1.97. The molecule has 0 aliphatic heterocycles. The zero-order chi connectivity index (χ0) is 16.2. The number of imidazole rings is 1. The number of benzene rings is 1. The smallest absolute Gasteiger partial charge is 0.137 e. The second-order valence-corrected chi connectivity index (χ2v) is 6.61. The minimum absolute atomic E-state index is 0.559. The van der Waals surface area contributed by atoms with Crippen molar-refractivity contribution in [3.8, 4) is 11.3 Å². The molecular formula is C18H21N3OS. The van der Waals surface area contributed by atoms with E-state index in [1.165, 1.54) is 10.6 Å². The first-order valence-electron chi connectivity index (χ1n) is 7.90. The maximum absolute atomic E-state index is 9.72. The SMILES string of the molecule is CCCc1nc(-c2ccc(Cn3ccnc3C(C)O)cc2)cs1. The molecule has 0 bridgehead atoms. The number of hydrogen-bond acceptors (Lipinski definition) is 4. The van der Waals surface area contributed by atoms with E-state index < -0.39 is 6.10 Å². The largest absolute Gasteiger partial charge is 0.385 e. The highest BCUT2D eigenvalue weighted by atomic mass is 32.1. The first-order chi connectivity index (χ1) is 11.2. The van der Waals surface area contributed by atoms with Crippen molar-refractivity contribution in [2.24, 2.45) is 0 Å². The molecule has 1 aromatic carbocycles. The van der Waals surface area contributed by atoms with Crippen LogP contribution >= 0.6 is 11.3 Å². The summed E-state index contributed by atoms with van der Waals surface area (Å²) in [5.74, 6) is 0.692. The van der Waals surface area contributed by atoms with Crippen molar-refractivity contribution in [2.45, 2.75) is 39.3 Å². The van der Waals surface area contributed by atoms with Crippen LogP contribution in [0.15, 0.2) is 42.0 Å². The number of aromatic nitrogens is 3. The first kappa shape index (κ1) is 15.9. The van der Waals surface area contributed by atoms with Crippen molar-refractivity contribution in [1.82, 2.24) is 14.5 Å². The Morgan fingerprint density at radius 3 is 2.74 bits per heavy atom. The van der Waals surface area contributed by atoms with Crippen LogP contribution in [-0.2, 0) is 13.0 Å². The molecule has 3 rings (SSSR count). The number of hydrogen-bond donors (Lipinski definition) is 1. The van der Waals surface area contributed by atoms with E-state index in [-0.39, 0.29) is 0 Å². The van der Waals surface area contributed by atoms with Crippen molar-refractivity contribution in [3.05, 3.63) is 58.4 Å². The van der Waals surface area contributed by atoms with Crippen molar-refractivity contribution in [2.75, 3.05) is 0 Å². The van der Waals surface area contributed by atoms with Crippen LogP contribution in [0.25, 0.3) is 11.3 Å². The molecule has 0 saturated heterocycles. The fourth-order valence-electron chi connectivity index (χ4n) is 2.57. The normalized spacial score (nSPS) is 12.5. The number of rotatable bonds is 6. The van der Waals surface area contributed by atoms with Crippen LogP contribution in [-0.4, -0.2) is 19.6 Å². The fraction of sp³-hybridized carbons (Fsp3) is 0.333. The van der Waals surface area contributed by atoms with Gasteiger partial charge in [-0.15, -0.1) is 11.3 Å². The molecule has 1 atom stereocenters. The predicted octanol–water partition coefficient (Wildman–Crippen LogP) is 4.06. The Kier molecular flexibility index (Phi) is 4.88. The highest BCUT2D eigenvalue weighted by molar-refractivity contribution is 7.09. The van der Waals surface area contributed by atoms with Crippen LogP contribution in [0.5, 0.6) is 0 Å². The van der Waals surface area contributed by atoms with Gasteiger partial charge in [-0.25, -0.2) is 9.97 Å². The summed E-state index contributed by atoms with van der Waals surface area (Å²) in [7, 11) is 0. The number of aliphatic hydroxyl groups is 1. The molecule has 0 radical (unpaired) electrons. The van der Waals surface area contributed by atoms with Crippen molar-refractivity contribution in [3.63, 3.8) is 0 Å². The van der Waals surface area contributed by atoms with Crippen LogP contribution in [0.2, 0.25) is 0 Å². The van der Waals surface area contributed by atoms with Gasteiger partial charge in [0.2, 0.25) is 0 Å². The van der Waals surface area contributed by atoms with Gasteiger partial charge >= 0.3 is 0 Å². The molecular weight excluding hydrogens is 306 g/mol. The van der Waals surface area contributed by atoms with Crippen molar-refractivity contribution in [1.29, 1.82) is 0 Å². The molecule has 0 aliphatic rings. The molecule has 0 amide bonds. The number of aliphatic hydroxyl groups excluding tert-OH is 1. The second kappa shape index (κ2) is 7.06. The molecule has 0 aliphatic carbocycles. The average molecular weight is 327 g/mol. The number of nitrogens with zero attached hydrogens (tertiary/aromatic N) is 3. The van der Waals surface area contributed by atoms with Gasteiger partial charge in [-0.05, 0) is 25.3 Å². The van der Waals surface area contributed by atoms with E-state index in [2.05, 4.69) is 46.5 Å². The van der Waals surface area contributed by atoms with Crippen LogP contribution in [0.3, 0.4) is 0 Å². The van der Waals surface area contributed by atoms with E-state index in [4.69, 9.17) is 0 Å². The monoisotopic (exact) mass is 327 g/mol. The zero-order valence-electron chi connectivity index (χ0n) is 13.4. The number of aryl methyl sites for hydroxylation is 1. The highest BCUT2D eigenvalue weighted by Gasteiger charge is 2.09. The third-order valence-electron chi connectivity index (χ3n) is 3.74. The van der Waals surface area contributed by atoms with E-state index in [1.54, 1.807) is 24.5 Å². The van der Waals surface area contributed by atoms with Gasteiger partial charge < -0.3 is 9.67 Å². The summed E-state index contributed by atoms with van der Waals surface area (Å²) >= 11 is 1.73. The molecule has 1 N–H and O–H groups in total. The Morgan fingerprint density at radius 1 is 1.26 bits per heavy atom. The Balaban J connectivity index is 1.75. The molecule has 23 heavy (non-hydrogen) atoms. The summed E-state index contributed by atoms with van der Waals surface area (Å²) in [6.45, 7) is 4.62. The molecule has 5 heteroatoms. The molecule has 2 aromatic heterocycles. The topological polar surface area (TPSA) is 50.9 Å². The van der Waals surface area contributed by atoms with Gasteiger partial charge in [-0.2, -0.15) is 0 Å². The minimum atomic E-state index is -0.559. The maximum Gasteiger partial charge on any atom is 0.137 e. The number of thiazole rings is 1. The van der Waals surface area contributed by atoms with Crippen molar-refractivity contribution >= 4 is 11.3 Å². The second-order valence-electron chi connectivity index (χ2n) is 5.66. The Hall–Kier alpha value is -1.98. The van der Waals surface area contributed by atoms with E-state index in [1.807, 2.05) is 10.8 Å². The third-order valence-corrected chi connectivity index (χ3v) is 4.65. The van der Waals surface area contributed by atoms with Crippen LogP contribution in [0.1, 0.15) is 42.8 Å². The average Bonchev–Trinajstić information content (AvgIpc) is 3.18. The standard InChI is InChI=1S/C18H21N3OS/c1-3-4-17-20-16(12-23-17)15-7-5-14(6-8-15)11-21-10-9-19-18(21)13(2)22/h5-10,12-13,22H,3-4,11H2,1-2H3. The van der Waals surface area contributed by atoms with Gasteiger partial charge in [-0.3, -0.25) is 0 Å². The molecule has 2 heterocycles. The summed E-state index contributed by atoms with van der Waals surface area (Å²) in [6.07, 6.45) is 5.23. The van der Waals surface area contributed by atoms with E-state index >= 15 is 0 Å². The molecule has 0 fully saturated rings. The molecule has 0 saturated carbocycles. The van der Waals surface area contributed by atoms with Crippen molar-refractivity contribution < 1.29 is 5.11 Å². The first-order valence-corrected chi connectivity index (χ1v) is 8.78. The van der Waals surface area contributed by atoms with Gasteiger partial charge in [0.05, 0.1) is 10.7 Å². The molecule has 0 spiro atoms. The van der Waals surface area contributed by atoms with Gasteiger partial charge in [0.25, 0.3) is 0 Å². The van der Waals surface area contributed by atoms with E-state index in [9.17, 15) is 5.11 Å². The maximum atomic E-state index is 9.72. The Morgan fingerprint density at radius 2 is 2.04 bits per heavy atom. The summed E-state index contributed by atoms with van der Waals surface area (Å²) in [5, 5.41) is 13.0. The summed E-state index contributed by atoms with van der Waals surface area (Å²) in [6, 6.07) is 8.44. The van der Waals surface area contributed by atoms with Crippen LogP contribution in [0.4, 0.5) is 0 Å². The van der Waals surface area contributed by atoms with Gasteiger partial charge in [0.1, 0.15) is 11.9 Å². The lowest BCUT2D eigenvalue weighted by atomic mass is 10.1. The molecule has 120 valence electrons. The lowest BCUT2D eigenvalue weighted by Crippen LogP contribution is -2.07. The molecule has 4 nitrogen and oxygen atoms in total. The lowest BCUT2D eigenvalue weighted by Gasteiger charge is -2.10. The van der Waals surface area contributed by atoms with E-state index in [0.717, 1.165) is 24.1 Å². The van der Waals surface area contributed by atoms with Crippen LogP contribution < -0.4 is 0 Å². The Bertz CT molecular complexity index is 759. The zero-order valence-corrected chi connectivity index (χ0v) is 14.3. The predicted molar refractivity (Wildman–Crippen MR) is 93.5 cm³/mol. The van der Waals surface area contributed by atoms with Crippen LogP contribution in [0, 0.1) is 0 Å². The van der Waals surface area contributed by atoms with E-state index in [0.29, 0.717) is 12.4 Å². The summed E-state index contributed by atoms with van der Waals surface area (Å²) in [5.41, 5.74) is 3.38. The van der Waals surface area contributed by atoms with Gasteiger partial charge in [0, 0.05) is 29.9 Å². The molecule has 1 unspecified atom stereocenters. The fourth-order valence-corrected chi connectivity index (χ4v) is 3.48. The quantitative estimate of drug-likeness (QED) is 0.743. The van der Waals surface area contributed by atoms with Gasteiger partial charge in [0.15, 0.2) is 0 Å². The third kappa shape index (κ3) is 3.68. The Labute approximate surface area is 140 Å². The molecule has 3 aromatic rings.